The van der Waals surface area contributed by atoms with Gasteiger partial charge in [0.25, 0.3) is 0 Å². The summed E-state index contributed by atoms with van der Waals surface area (Å²) in [6.07, 6.45) is 2.11. The second-order valence-corrected chi connectivity index (χ2v) is 9.35. The molecular formula is C24H27ClN2O5S. The van der Waals surface area contributed by atoms with Crippen molar-refractivity contribution in [2.45, 2.75) is 22.3 Å². The van der Waals surface area contributed by atoms with Crippen LogP contribution in [0, 0.1) is 0 Å². The summed E-state index contributed by atoms with van der Waals surface area (Å²) in [4.78, 5) is 26.8. The van der Waals surface area contributed by atoms with Gasteiger partial charge in [-0.3, -0.25) is 4.90 Å². The van der Waals surface area contributed by atoms with Crippen molar-refractivity contribution in [1.29, 1.82) is 0 Å². The van der Waals surface area contributed by atoms with Crippen molar-refractivity contribution in [1.82, 2.24) is 9.80 Å². The Morgan fingerprint density at radius 1 is 1.03 bits per heavy atom. The smallest absolute Gasteiger partial charge is 0.328 e. The minimum absolute atomic E-state index is 0.367. The average Bonchev–Trinajstić information content (AvgIpc) is 2.94. The molecule has 2 aromatic rings. The minimum atomic E-state index is -1.26. The standard InChI is InChI=1S/C20H23ClN2OS.C4H4O4/c1-22-7-9-23(10-8-22)18-12-14-11-15(21)3-5-19(14)25-20-6-4-16(24-2)13-17(18)20;5-3(6)1-2-4(7)8/h3-6,11,13,18H,7-10,12H2,1-2H3;1-2H,(H,5,6)(H,7,8)/b;2-1+. The number of carbonyl (C=O) groups is 2. The number of methoxy groups -OCH3 is 1. The van der Waals surface area contributed by atoms with Gasteiger partial charge < -0.3 is 19.8 Å². The lowest BCUT2D eigenvalue weighted by Gasteiger charge is -2.38. The lowest BCUT2D eigenvalue weighted by molar-refractivity contribution is -0.134. The fourth-order valence-electron chi connectivity index (χ4n) is 3.85. The Labute approximate surface area is 202 Å². The number of rotatable bonds is 4. The van der Waals surface area contributed by atoms with E-state index >= 15 is 0 Å². The van der Waals surface area contributed by atoms with Crippen LogP contribution in [0.2, 0.25) is 5.02 Å². The SMILES string of the molecule is COc1ccc2c(c1)C(N1CCN(C)CC1)Cc1cc(Cl)ccc1S2.O=C(O)/C=C/C(=O)O. The largest absolute Gasteiger partial charge is 0.497 e. The summed E-state index contributed by atoms with van der Waals surface area (Å²) in [6.45, 7) is 4.42. The first-order valence-electron chi connectivity index (χ1n) is 10.5. The van der Waals surface area contributed by atoms with Crippen molar-refractivity contribution in [2.24, 2.45) is 0 Å². The third kappa shape index (κ3) is 6.98. The first-order valence-corrected chi connectivity index (χ1v) is 11.7. The summed E-state index contributed by atoms with van der Waals surface area (Å²) >= 11 is 8.14. The van der Waals surface area contributed by atoms with Gasteiger partial charge >= 0.3 is 11.9 Å². The van der Waals surface area contributed by atoms with Crippen molar-refractivity contribution in [2.75, 3.05) is 40.3 Å². The summed E-state index contributed by atoms with van der Waals surface area (Å²) in [5, 5.41) is 16.4. The van der Waals surface area contributed by atoms with Crippen LogP contribution in [-0.4, -0.2) is 72.3 Å². The van der Waals surface area contributed by atoms with Crippen molar-refractivity contribution in [3.05, 3.63) is 64.7 Å². The highest BCUT2D eigenvalue weighted by Crippen LogP contribution is 2.44. The molecule has 0 bridgehead atoms. The Hall–Kier alpha value is -2.52. The zero-order valence-corrected chi connectivity index (χ0v) is 20.1. The number of nitrogens with zero attached hydrogens (tertiary/aromatic N) is 2. The molecule has 0 aliphatic carbocycles. The number of fused-ring (bicyclic) bond motifs is 2. The first kappa shape index (κ1) is 25.1. The van der Waals surface area contributed by atoms with Gasteiger partial charge in [0.15, 0.2) is 0 Å². The number of hydrogen-bond acceptors (Lipinski definition) is 6. The molecule has 1 atom stereocenters. The number of hydrogen-bond donors (Lipinski definition) is 2. The van der Waals surface area contributed by atoms with Gasteiger partial charge in [0.05, 0.1) is 7.11 Å². The van der Waals surface area contributed by atoms with E-state index < -0.39 is 11.9 Å². The molecule has 0 amide bonds. The minimum Gasteiger partial charge on any atom is -0.497 e. The van der Waals surface area contributed by atoms with Gasteiger partial charge in [-0.2, -0.15) is 0 Å². The molecule has 176 valence electrons. The second-order valence-electron chi connectivity index (χ2n) is 7.83. The highest BCUT2D eigenvalue weighted by molar-refractivity contribution is 7.99. The van der Waals surface area contributed by atoms with E-state index in [9.17, 15) is 9.59 Å². The number of likely N-dealkylation sites (N-methyl/N-ethyl adjacent to an activating group) is 1. The van der Waals surface area contributed by atoms with Crippen molar-refractivity contribution in [3.63, 3.8) is 0 Å². The van der Waals surface area contributed by atoms with E-state index in [2.05, 4.69) is 47.2 Å². The molecule has 0 spiro atoms. The first-order chi connectivity index (χ1) is 15.8. The summed E-state index contributed by atoms with van der Waals surface area (Å²) in [7, 11) is 3.94. The van der Waals surface area contributed by atoms with Gasteiger partial charge in [-0.05, 0) is 61.0 Å². The molecule has 2 aliphatic rings. The number of carboxylic acid groups (broad SMARTS) is 2. The number of piperazine rings is 1. The highest BCUT2D eigenvalue weighted by Gasteiger charge is 2.29. The Morgan fingerprint density at radius 2 is 1.67 bits per heavy atom. The Bertz CT molecular complexity index is 1020. The zero-order chi connectivity index (χ0) is 24.0. The van der Waals surface area contributed by atoms with E-state index in [1.54, 1.807) is 7.11 Å². The molecular weight excluding hydrogens is 464 g/mol. The summed E-state index contributed by atoms with van der Waals surface area (Å²) < 4.78 is 5.51. The molecule has 1 saturated heterocycles. The Kier molecular flexibility index (Phi) is 8.80. The van der Waals surface area contributed by atoms with Crippen LogP contribution in [0.25, 0.3) is 0 Å². The average molecular weight is 491 g/mol. The number of aliphatic carboxylic acids is 2. The van der Waals surface area contributed by atoms with Gasteiger partial charge in [0.1, 0.15) is 5.75 Å². The quantitative estimate of drug-likeness (QED) is 0.620. The van der Waals surface area contributed by atoms with Crippen LogP contribution in [0.15, 0.2) is 58.3 Å². The fraction of sp³-hybridized carbons (Fsp3) is 0.333. The zero-order valence-electron chi connectivity index (χ0n) is 18.5. The predicted octanol–water partition coefficient (Wildman–Crippen LogP) is 4.06. The third-order valence-corrected chi connectivity index (χ3v) is 7.02. The Balaban J connectivity index is 0.000000331. The lowest BCUT2D eigenvalue weighted by Crippen LogP contribution is -2.46. The molecule has 2 aliphatic heterocycles. The van der Waals surface area contributed by atoms with Crippen LogP contribution in [0.5, 0.6) is 5.75 Å². The van der Waals surface area contributed by atoms with Gasteiger partial charge in [0, 0.05) is 59.2 Å². The molecule has 0 saturated carbocycles. The monoisotopic (exact) mass is 490 g/mol. The molecule has 0 aromatic heterocycles. The Morgan fingerprint density at radius 3 is 2.27 bits per heavy atom. The van der Waals surface area contributed by atoms with Crippen LogP contribution in [-0.2, 0) is 16.0 Å². The normalized spacial score (nSPS) is 18.5. The van der Waals surface area contributed by atoms with E-state index in [4.69, 9.17) is 26.6 Å². The fourth-order valence-corrected chi connectivity index (χ4v) is 5.14. The van der Waals surface area contributed by atoms with Crippen LogP contribution in [0.3, 0.4) is 0 Å². The summed E-state index contributed by atoms with van der Waals surface area (Å²) in [5.74, 6) is -1.58. The maximum absolute atomic E-state index is 9.55. The molecule has 2 N–H and O–H groups in total. The van der Waals surface area contributed by atoms with Crippen molar-refractivity contribution in [3.8, 4) is 5.75 Å². The third-order valence-electron chi connectivity index (χ3n) is 5.58. The van der Waals surface area contributed by atoms with Gasteiger partial charge in [-0.1, -0.05) is 23.4 Å². The molecule has 1 fully saturated rings. The van der Waals surface area contributed by atoms with Crippen LogP contribution < -0.4 is 4.74 Å². The lowest BCUT2D eigenvalue weighted by atomic mass is 9.96. The van der Waals surface area contributed by atoms with E-state index in [1.807, 2.05) is 17.8 Å². The number of benzene rings is 2. The van der Waals surface area contributed by atoms with Crippen LogP contribution in [0.1, 0.15) is 17.2 Å². The van der Waals surface area contributed by atoms with E-state index in [-0.39, 0.29) is 0 Å². The topological polar surface area (TPSA) is 90.3 Å². The molecule has 33 heavy (non-hydrogen) atoms. The van der Waals surface area contributed by atoms with Crippen molar-refractivity contribution >= 4 is 35.3 Å². The number of ether oxygens (including phenoxy) is 1. The maximum atomic E-state index is 9.55. The van der Waals surface area contributed by atoms with Gasteiger partial charge in [-0.15, -0.1) is 0 Å². The summed E-state index contributed by atoms with van der Waals surface area (Å²) in [5.41, 5.74) is 2.72. The second kappa shape index (κ2) is 11.6. The number of carboxylic acids is 2. The van der Waals surface area contributed by atoms with E-state index in [1.165, 1.54) is 20.9 Å². The van der Waals surface area contributed by atoms with Gasteiger partial charge in [-0.25, -0.2) is 9.59 Å². The van der Waals surface area contributed by atoms with Crippen LogP contribution >= 0.6 is 23.4 Å². The van der Waals surface area contributed by atoms with E-state index in [0.29, 0.717) is 18.2 Å². The molecule has 7 nitrogen and oxygen atoms in total. The molecule has 0 radical (unpaired) electrons. The molecule has 4 rings (SSSR count). The van der Waals surface area contributed by atoms with Crippen LogP contribution in [0.4, 0.5) is 0 Å². The molecule has 2 aromatic carbocycles. The summed E-state index contributed by atoms with van der Waals surface area (Å²) in [6, 6.07) is 13.1. The maximum Gasteiger partial charge on any atom is 0.328 e. The highest BCUT2D eigenvalue weighted by atomic mass is 35.5. The van der Waals surface area contributed by atoms with Crippen molar-refractivity contribution < 1.29 is 24.5 Å². The molecule has 2 heterocycles. The predicted molar refractivity (Wildman–Crippen MR) is 128 cm³/mol. The number of halogens is 1. The molecule has 1 unspecified atom stereocenters. The van der Waals surface area contributed by atoms with Gasteiger partial charge in [0.2, 0.25) is 0 Å². The van der Waals surface area contributed by atoms with E-state index in [0.717, 1.165) is 43.4 Å². The molecule has 9 heteroatoms.